The van der Waals surface area contributed by atoms with Gasteiger partial charge in [-0.2, -0.15) is 4.98 Å². The van der Waals surface area contributed by atoms with Crippen molar-refractivity contribution >= 4 is 5.91 Å². The summed E-state index contributed by atoms with van der Waals surface area (Å²) in [6.45, 7) is 0.730. The number of amides is 1. The Labute approximate surface area is 161 Å². The van der Waals surface area contributed by atoms with Gasteiger partial charge in [0.05, 0.1) is 13.0 Å². The molecule has 3 heterocycles. The first kappa shape index (κ1) is 18.0. The minimum atomic E-state index is -0.244. The van der Waals surface area contributed by atoms with Crippen LogP contribution in [0.25, 0.3) is 11.5 Å². The second kappa shape index (κ2) is 8.08. The number of para-hydroxylation sites is 1. The minimum absolute atomic E-state index is 0.0575. The molecule has 2 aromatic heterocycles. The number of carbonyl (C=O) groups excluding carboxylic acids is 1. The van der Waals surface area contributed by atoms with Crippen LogP contribution in [0.4, 0.5) is 0 Å². The van der Waals surface area contributed by atoms with Crippen LogP contribution in [0.3, 0.4) is 0 Å². The molecule has 0 spiro atoms. The Kier molecular flexibility index (Phi) is 5.18. The molecule has 4 rings (SSSR count). The van der Waals surface area contributed by atoms with E-state index in [0.29, 0.717) is 49.2 Å². The molecule has 0 saturated carbocycles. The average Bonchev–Trinajstić information content (AvgIpc) is 3.22. The Bertz CT molecular complexity index is 958. The van der Waals surface area contributed by atoms with Gasteiger partial charge in [-0.3, -0.25) is 9.78 Å². The van der Waals surface area contributed by atoms with Crippen molar-refractivity contribution < 1.29 is 18.8 Å². The Morgan fingerprint density at radius 2 is 2.21 bits per heavy atom. The normalized spacial score (nSPS) is 15.4. The Balaban J connectivity index is 1.30. The van der Waals surface area contributed by atoms with E-state index in [-0.39, 0.29) is 11.8 Å². The molecule has 1 atom stereocenters. The van der Waals surface area contributed by atoms with E-state index in [9.17, 15) is 4.79 Å². The monoisotopic (exact) mass is 380 g/mol. The summed E-state index contributed by atoms with van der Waals surface area (Å²) in [5.41, 5.74) is 1.62. The molecule has 1 amide bonds. The molecule has 8 nitrogen and oxygen atoms in total. The number of hydrogen-bond acceptors (Lipinski definition) is 7. The standard InChI is InChI=1S/C20H20N4O4/c1-26-16-7-4-5-13-11-14(12-27-18(13)16)20(25)22-10-8-17-23-19(24-28-17)15-6-2-3-9-21-15/h2-7,9,14H,8,10-12H2,1H3,(H,22,25). The van der Waals surface area contributed by atoms with Gasteiger partial charge in [-0.1, -0.05) is 23.4 Å². The molecule has 0 saturated heterocycles. The maximum atomic E-state index is 12.5. The number of carbonyl (C=O) groups is 1. The maximum Gasteiger partial charge on any atom is 0.228 e. The fraction of sp³-hybridized carbons (Fsp3) is 0.300. The zero-order valence-corrected chi connectivity index (χ0v) is 15.4. The van der Waals surface area contributed by atoms with Crippen LogP contribution in [0.1, 0.15) is 11.5 Å². The summed E-state index contributed by atoms with van der Waals surface area (Å²) in [4.78, 5) is 21.0. The fourth-order valence-electron chi connectivity index (χ4n) is 3.12. The third-order valence-corrected chi connectivity index (χ3v) is 4.55. The first-order valence-electron chi connectivity index (χ1n) is 9.05. The summed E-state index contributed by atoms with van der Waals surface area (Å²) < 4.78 is 16.3. The molecular weight excluding hydrogens is 360 g/mol. The van der Waals surface area contributed by atoms with Crippen LogP contribution in [0.2, 0.25) is 0 Å². The quantitative estimate of drug-likeness (QED) is 0.699. The van der Waals surface area contributed by atoms with E-state index in [1.165, 1.54) is 0 Å². The van der Waals surface area contributed by atoms with E-state index in [4.69, 9.17) is 14.0 Å². The molecule has 1 aliphatic heterocycles. The summed E-state index contributed by atoms with van der Waals surface area (Å²) in [6.07, 6.45) is 2.73. The second-order valence-corrected chi connectivity index (χ2v) is 6.43. The number of nitrogens with one attached hydrogen (secondary N) is 1. The summed E-state index contributed by atoms with van der Waals surface area (Å²) >= 11 is 0. The second-order valence-electron chi connectivity index (χ2n) is 6.43. The highest BCUT2D eigenvalue weighted by atomic mass is 16.5. The summed E-state index contributed by atoms with van der Waals surface area (Å²) in [7, 11) is 1.61. The molecule has 0 radical (unpaired) electrons. The number of ether oxygens (including phenoxy) is 2. The lowest BCUT2D eigenvalue weighted by atomic mass is 9.95. The Morgan fingerprint density at radius 1 is 1.29 bits per heavy atom. The zero-order chi connectivity index (χ0) is 19.3. The number of aromatic nitrogens is 3. The highest BCUT2D eigenvalue weighted by Crippen LogP contribution is 2.36. The number of rotatable bonds is 6. The van der Waals surface area contributed by atoms with E-state index in [0.717, 1.165) is 11.3 Å². The van der Waals surface area contributed by atoms with Crippen molar-refractivity contribution in [1.82, 2.24) is 20.4 Å². The molecule has 0 aliphatic carbocycles. The highest BCUT2D eigenvalue weighted by molar-refractivity contribution is 5.79. The van der Waals surface area contributed by atoms with Crippen molar-refractivity contribution in [2.45, 2.75) is 12.8 Å². The molecular formula is C20H20N4O4. The third-order valence-electron chi connectivity index (χ3n) is 4.55. The van der Waals surface area contributed by atoms with Crippen molar-refractivity contribution in [3.8, 4) is 23.0 Å². The van der Waals surface area contributed by atoms with Gasteiger partial charge in [-0.15, -0.1) is 0 Å². The highest BCUT2D eigenvalue weighted by Gasteiger charge is 2.27. The Hall–Kier alpha value is -3.42. The lowest BCUT2D eigenvalue weighted by Gasteiger charge is -2.25. The van der Waals surface area contributed by atoms with Crippen LogP contribution >= 0.6 is 0 Å². The van der Waals surface area contributed by atoms with Crippen molar-refractivity contribution in [2.75, 3.05) is 20.3 Å². The lowest BCUT2D eigenvalue weighted by molar-refractivity contribution is -0.126. The molecule has 28 heavy (non-hydrogen) atoms. The number of nitrogens with zero attached hydrogens (tertiary/aromatic N) is 3. The first-order valence-corrected chi connectivity index (χ1v) is 9.05. The minimum Gasteiger partial charge on any atom is -0.493 e. The number of benzene rings is 1. The van der Waals surface area contributed by atoms with Crippen molar-refractivity contribution in [3.05, 3.63) is 54.0 Å². The smallest absolute Gasteiger partial charge is 0.228 e. The topological polar surface area (TPSA) is 99.4 Å². The van der Waals surface area contributed by atoms with Gasteiger partial charge in [0, 0.05) is 19.2 Å². The molecule has 1 N–H and O–H groups in total. The van der Waals surface area contributed by atoms with Crippen molar-refractivity contribution in [2.24, 2.45) is 5.92 Å². The van der Waals surface area contributed by atoms with Gasteiger partial charge < -0.3 is 19.3 Å². The number of fused-ring (bicyclic) bond motifs is 1. The first-order chi connectivity index (χ1) is 13.7. The molecule has 144 valence electrons. The van der Waals surface area contributed by atoms with Crippen LogP contribution in [0, 0.1) is 5.92 Å². The molecule has 1 aliphatic rings. The summed E-state index contributed by atoms with van der Waals surface area (Å²) in [5.74, 6) is 2.01. The van der Waals surface area contributed by atoms with Crippen molar-refractivity contribution in [3.63, 3.8) is 0 Å². The fourth-order valence-corrected chi connectivity index (χ4v) is 3.12. The van der Waals surface area contributed by atoms with E-state index in [1.54, 1.807) is 13.3 Å². The zero-order valence-electron chi connectivity index (χ0n) is 15.4. The summed E-state index contributed by atoms with van der Waals surface area (Å²) in [5, 5.41) is 6.84. The van der Waals surface area contributed by atoms with Gasteiger partial charge in [-0.05, 0) is 30.2 Å². The van der Waals surface area contributed by atoms with Crippen molar-refractivity contribution in [1.29, 1.82) is 0 Å². The molecule has 1 aromatic carbocycles. The maximum absolute atomic E-state index is 12.5. The van der Waals surface area contributed by atoms with Gasteiger partial charge in [0.15, 0.2) is 11.5 Å². The van der Waals surface area contributed by atoms with E-state index < -0.39 is 0 Å². The van der Waals surface area contributed by atoms with Crippen LogP contribution < -0.4 is 14.8 Å². The van der Waals surface area contributed by atoms with E-state index in [2.05, 4.69) is 20.4 Å². The third kappa shape index (κ3) is 3.80. The van der Waals surface area contributed by atoms with Gasteiger partial charge in [0.1, 0.15) is 12.3 Å². The predicted molar refractivity (Wildman–Crippen MR) is 99.9 cm³/mol. The lowest BCUT2D eigenvalue weighted by Crippen LogP contribution is -2.38. The molecule has 3 aromatic rings. The van der Waals surface area contributed by atoms with Gasteiger partial charge in [-0.25, -0.2) is 0 Å². The SMILES string of the molecule is COc1cccc2c1OCC(C(=O)NCCc1nc(-c3ccccn3)no1)C2. The van der Waals surface area contributed by atoms with Gasteiger partial charge in [0.25, 0.3) is 0 Å². The Morgan fingerprint density at radius 3 is 3.04 bits per heavy atom. The molecule has 0 fully saturated rings. The van der Waals surface area contributed by atoms with Gasteiger partial charge >= 0.3 is 0 Å². The molecule has 1 unspecified atom stereocenters. The number of methoxy groups -OCH3 is 1. The predicted octanol–water partition coefficient (Wildman–Crippen LogP) is 2.05. The average molecular weight is 380 g/mol. The van der Waals surface area contributed by atoms with Crippen LogP contribution in [0.15, 0.2) is 47.1 Å². The summed E-state index contributed by atoms with van der Waals surface area (Å²) in [6, 6.07) is 11.2. The van der Waals surface area contributed by atoms with Crippen LogP contribution in [-0.4, -0.2) is 41.3 Å². The molecule has 0 bridgehead atoms. The van der Waals surface area contributed by atoms with Crippen LogP contribution in [-0.2, 0) is 17.6 Å². The number of hydrogen-bond donors (Lipinski definition) is 1. The van der Waals surface area contributed by atoms with Crippen LogP contribution in [0.5, 0.6) is 11.5 Å². The van der Waals surface area contributed by atoms with E-state index >= 15 is 0 Å². The largest absolute Gasteiger partial charge is 0.493 e. The van der Waals surface area contributed by atoms with Gasteiger partial charge in [0.2, 0.25) is 17.6 Å². The van der Waals surface area contributed by atoms with E-state index in [1.807, 2.05) is 36.4 Å². The molecule has 8 heteroatoms. The number of pyridine rings is 1.